The number of para-hydroxylation sites is 1. The molecule has 4 nitrogen and oxygen atoms in total. The van der Waals surface area contributed by atoms with E-state index in [4.69, 9.17) is 9.32 Å². The third-order valence-electron chi connectivity index (χ3n) is 1.96. The van der Waals surface area contributed by atoms with E-state index in [0.717, 1.165) is 17.6 Å². The summed E-state index contributed by atoms with van der Waals surface area (Å²) in [4.78, 5) is 0. The Morgan fingerprint density at radius 1 is 1.33 bits per heavy atom. The fourth-order valence-electron chi connectivity index (χ4n) is 1.23. The van der Waals surface area contributed by atoms with Crippen molar-refractivity contribution in [1.29, 1.82) is 0 Å². The number of hydrogen-bond acceptors (Lipinski definition) is 4. The number of allylic oxidation sites excluding steroid dienone is 1. The largest absolute Gasteiger partial charge is 0.420 e. The molecule has 2 N–H and O–H groups in total. The number of primary sulfonamides is 1. The van der Waals surface area contributed by atoms with Gasteiger partial charge in [0.25, 0.3) is 0 Å². The van der Waals surface area contributed by atoms with Crippen molar-refractivity contribution in [3.63, 3.8) is 0 Å². The van der Waals surface area contributed by atoms with E-state index in [9.17, 15) is 8.42 Å². The van der Waals surface area contributed by atoms with Gasteiger partial charge in [0.1, 0.15) is 17.8 Å². The highest BCUT2D eigenvalue weighted by molar-refractivity contribution is 8.15. The molecule has 2 rings (SSSR count). The summed E-state index contributed by atoms with van der Waals surface area (Å²) in [7, 11) is -3.67. The SMILES string of the molecule is NS(=O)(=O)C1=CCc2ccccc2OS1. The number of nitrogens with two attached hydrogens (primary N) is 1. The van der Waals surface area contributed by atoms with Crippen molar-refractivity contribution in [3.8, 4) is 5.75 Å². The van der Waals surface area contributed by atoms with E-state index in [1.807, 2.05) is 18.2 Å². The van der Waals surface area contributed by atoms with Crippen molar-refractivity contribution >= 4 is 22.1 Å². The van der Waals surface area contributed by atoms with Gasteiger partial charge in [-0.05, 0) is 24.1 Å². The van der Waals surface area contributed by atoms with Gasteiger partial charge in [-0.1, -0.05) is 18.2 Å². The Labute approximate surface area is 92.4 Å². The summed E-state index contributed by atoms with van der Waals surface area (Å²) in [6.07, 6.45) is 2.07. The molecule has 0 saturated heterocycles. The van der Waals surface area contributed by atoms with Crippen LogP contribution in [0.15, 0.2) is 34.6 Å². The topological polar surface area (TPSA) is 69.4 Å². The molecule has 1 aromatic rings. The van der Waals surface area contributed by atoms with Crippen molar-refractivity contribution in [2.75, 3.05) is 0 Å². The van der Waals surface area contributed by atoms with Crippen molar-refractivity contribution in [2.24, 2.45) is 5.14 Å². The molecule has 0 spiro atoms. The quantitative estimate of drug-likeness (QED) is 0.757. The molecular formula is C9H9NO3S2. The molecule has 1 heterocycles. The molecule has 6 heteroatoms. The normalized spacial score (nSPS) is 15.9. The van der Waals surface area contributed by atoms with Crippen molar-refractivity contribution in [3.05, 3.63) is 40.1 Å². The second kappa shape index (κ2) is 3.88. The van der Waals surface area contributed by atoms with Crippen LogP contribution in [0.2, 0.25) is 0 Å². The Balaban J connectivity index is 2.34. The second-order valence-electron chi connectivity index (χ2n) is 3.05. The Hall–Kier alpha value is -0.980. The molecule has 1 aromatic carbocycles. The zero-order valence-electron chi connectivity index (χ0n) is 7.71. The van der Waals surface area contributed by atoms with Gasteiger partial charge in [-0.15, -0.1) is 0 Å². The molecule has 15 heavy (non-hydrogen) atoms. The maximum atomic E-state index is 11.1. The molecule has 0 saturated carbocycles. The third kappa shape index (κ3) is 2.34. The van der Waals surface area contributed by atoms with Gasteiger partial charge in [-0.25, -0.2) is 13.6 Å². The van der Waals surface area contributed by atoms with Crippen molar-refractivity contribution in [1.82, 2.24) is 0 Å². The van der Waals surface area contributed by atoms with Gasteiger partial charge in [0, 0.05) is 0 Å². The summed E-state index contributed by atoms with van der Waals surface area (Å²) < 4.78 is 27.5. The minimum atomic E-state index is -3.67. The molecule has 0 amide bonds. The first-order chi connectivity index (χ1) is 7.07. The van der Waals surface area contributed by atoms with E-state index in [0.29, 0.717) is 12.2 Å². The monoisotopic (exact) mass is 243 g/mol. The summed E-state index contributed by atoms with van der Waals surface area (Å²) in [5.41, 5.74) is 0.948. The van der Waals surface area contributed by atoms with E-state index in [2.05, 4.69) is 0 Å². The Morgan fingerprint density at radius 2 is 2.07 bits per heavy atom. The lowest BCUT2D eigenvalue weighted by molar-refractivity contribution is 0.604. The maximum Gasteiger partial charge on any atom is 0.247 e. The highest BCUT2D eigenvalue weighted by Crippen LogP contribution is 2.32. The van der Waals surface area contributed by atoms with Crippen LogP contribution in [-0.4, -0.2) is 8.42 Å². The van der Waals surface area contributed by atoms with Gasteiger partial charge in [0.05, 0.1) is 0 Å². The lowest BCUT2D eigenvalue weighted by Gasteiger charge is -2.04. The van der Waals surface area contributed by atoms with Crippen LogP contribution in [0, 0.1) is 0 Å². The fraction of sp³-hybridized carbons (Fsp3) is 0.111. The first kappa shape index (κ1) is 10.5. The number of benzene rings is 1. The molecule has 0 unspecified atom stereocenters. The van der Waals surface area contributed by atoms with Crippen molar-refractivity contribution < 1.29 is 12.6 Å². The summed E-state index contributed by atoms with van der Waals surface area (Å²) >= 11 is 0.782. The fourth-order valence-corrected chi connectivity index (χ4v) is 2.51. The van der Waals surface area contributed by atoms with Crippen molar-refractivity contribution in [2.45, 2.75) is 6.42 Å². The predicted molar refractivity (Wildman–Crippen MR) is 59.6 cm³/mol. The highest BCUT2D eigenvalue weighted by Gasteiger charge is 2.18. The summed E-state index contributed by atoms with van der Waals surface area (Å²) in [6.45, 7) is 0. The molecule has 1 aliphatic rings. The van der Waals surface area contributed by atoms with Crippen LogP contribution in [-0.2, 0) is 16.4 Å². The summed E-state index contributed by atoms with van der Waals surface area (Å²) in [6, 6.07) is 7.39. The lowest BCUT2D eigenvalue weighted by Crippen LogP contribution is -2.13. The van der Waals surface area contributed by atoms with Gasteiger partial charge in [0.15, 0.2) is 4.24 Å². The summed E-state index contributed by atoms with van der Waals surface area (Å²) in [5.74, 6) is 0.678. The van der Waals surface area contributed by atoms with Gasteiger partial charge < -0.3 is 4.18 Å². The van der Waals surface area contributed by atoms with Crippen LogP contribution in [0.3, 0.4) is 0 Å². The highest BCUT2D eigenvalue weighted by atomic mass is 32.3. The van der Waals surface area contributed by atoms with E-state index >= 15 is 0 Å². The molecule has 80 valence electrons. The first-order valence-corrected chi connectivity index (χ1v) is 6.51. The Morgan fingerprint density at radius 3 is 2.80 bits per heavy atom. The molecule has 0 aliphatic carbocycles. The smallest absolute Gasteiger partial charge is 0.247 e. The molecule has 0 fully saturated rings. The van der Waals surface area contributed by atoms with Crippen LogP contribution in [0.5, 0.6) is 5.75 Å². The second-order valence-corrected chi connectivity index (χ2v) is 5.61. The van der Waals surface area contributed by atoms with Gasteiger partial charge >= 0.3 is 0 Å². The van der Waals surface area contributed by atoms with Gasteiger partial charge in [0.2, 0.25) is 10.0 Å². The van der Waals surface area contributed by atoms with Crippen LogP contribution in [0.1, 0.15) is 5.56 Å². The minimum absolute atomic E-state index is 0.0544. The minimum Gasteiger partial charge on any atom is -0.420 e. The molecule has 0 atom stereocenters. The van der Waals surface area contributed by atoms with Crippen LogP contribution in [0.4, 0.5) is 0 Å². The predicted octanol–water partition coefficient (Wildman–Crippen LogP) is 1.40. The zero-order valence-corrected chi connectivity index (χ0v) is 9.35. The molecule has 0 bridgehead atoms. The van der Waals surface area contributed by atoms with E-state index in [1.165, 1.54) is 0 Å². The number of sulfonamides is 1. The van der Waals surface area contributed by atoms with E-state index < -0.39 is 10.0 Å². The van der Waals surface area contributed by atoms with Crippen LogP contribution < -0.4 is 9.32 Å². The Kier molecular flexibility index (Phi) is 2.72. The standard InChI is InChI=1S/C9H9NO3S2/c10-15(11,12)9-6-5-7-3-1-2-4-8(7)13-14-9/h1-4,6H,5H2,(H2,10,11,12). The zero-order chi connectivity index (χ0) is 10.9. The number of rotatable bonds is 1. The van der Waals surface area contributed by atoms with Gasteiger partial charge in [-0.2, -0.15) is 0 Å². The number of fused-ring (bicyclic) bond motifs is 1. The number of hydrogen-bond donors (Lipinski definition) is 1. The van der Waals surface area contributed by atoms with E-state index in [1.54, 1.807) is 12.1 Å². The molecule has 0 radical (unpaired) electrons. The molecular weight excluding hydrogens is 234 g/mol. The van der Waals surface area contributed by atoms with Gasteiger partial charge in [-0.3, -0.25) is 0 Å². The first-order valence-electron chi connectivity index (χ1n) is 4.23. The van der Waals surface area contributed by atoms with E-state index in [-0.39, 0.29) is 4.24 Å². The lowest BCUT2D eigenvalue weighted by atomic mass is 10.1. The summed E-state index contributed by atoms with van der Waals surface area (Å²) in [5, 5.41) is 5.02. The Bertz CT molecular complexity index is 508. The van der Waals surface area contributed by atoms with Crippen LogP contribution in [0.25, 0.3) is 0 Å². The molecule has 0 aromatic heterocycles. The van der Waals surface area contributed by atoms with Crippen LogP contribution >= 0.6 is 12.0 Å². The molecule has 1 aliphatic heterocycles. The third-order valence-corrected chi connectivity index (χ3v) is 4.18. The average Bonchev–Trinajstić information content (AvgIpc) is 2.38. The average molecular weight is 243 g/mol. The maximum absolute atomic E-state index is 11.1.